The quantitative estimate of drug-likeness (QED) is 0.620. The third-order valence-corrected chi connectivity index (χ3v) is 5.50. The first kappa shape index (κ1) is 18.0. The lowest BCUT2D eigenvalue weighted by atomic mass is 10.1. The number of nitrogens with zero attached hydrogens (tertiary/aromatic N) is 1. The van der Waals surface area contributed by atoms with E-state index in [1.165, 1.54) is 30.4 Å². The van der Waals surface area contributed by atoms with E-state index in [-0.39, 0.29) is 0 Å². The Hall–Kier alpha value is -1.36. The molecular formula is C18H29N3OS. The average Bonchev–Trinajstić information content (AvgIpc) is 3.01. The van der Waals surface area contributed by atoms with Crippen LogP contribution in [0.4, 0.5) is 0 Å². The number of hydrogen-bond acceptors (Lipinski definition) is 3. The molecule has 4 nitrogen and oxygen atoms in total. The minimum atomic E-state index is 0.548. The molecular weight excluding hydrogens is 306 g/mol. The Morgan fingerprint density at radius 1 is 1.39 bits per heavy atom. The van der Waals surface area contributed by atoms with Crippen LogP contribution in [0.15, 0.2) is 23.2 Å². The number of rotatable bonds is 6. The number of thioether (sulfide) groups is 1. The molecule has 1 aromatic rings. The van der Waals surface area contributed by atoms with E-state index in [9.17, 15) is 0 Å². The van der Waals surface area contributed by atoms with Crippen LogP contribution < -0.4 is 15.4 Å². The van der Waals surface area contributed by atoms with E-state index in [0.717, 1.165) is 29.9 Å². The maximum atomic E-state index is 5.44. The Morgan fingerprint density at radius 3 is 2.87 bits per heavy atom. The SMILES string of the molecule is CN=C(NCCc1cc(C)ccc1OC)NC1CCC(SC)C1. The average molecular weight is 336 g/mol. The molecule has 23 heavy (non-hydrogen) atoms. The van der Waals surface area contributed by atoms with Gasteiger partial charge in [-0.15, -0.1) is 0 Å². The van der Waals surface area contributed by atoms with Crippen molar-refractivity contribution in [2.75, 3.05) is 27.0 Å². The summed E-state index contributed by atoms with van der Waals surface area (Å²) in [5.41, 5.74) is 2.50. The summed E-state index contributed by atoms with van der Waals surface area (Å²) in [6.45, 7) is 2.96. The van der Waals surface area contributed by atoms with Crippen molar-refractivity contribution in [3.05, 3.63) is 29.3 Å². The zero-order valence-corrected chi connectivity index (χ0v) is 15.5. The Morgan fingerprint density at radius 2 is 2.22 bits per heavy atom. The molecule has 2 unspecified atom stereocenters. The van der Waals surface area contributed by atoms with Gasteiger partial charge in [0.05, 0.1) is 7.11 Å². The summed E-state index contributed by atoms with van der Waals surface area (Å²) >= 11 is 1.98. The zero-order valence-electron chi connectivity index (χ0n) is 14.7. The van der Waals surface area contributed by atoms with Crippen LogP contribution in [-0.2, 0) is 6.42 Å². The van der Waals surface area contributed by atoms with E-state index in [1.807, 2.05) is 24.9 Å². The van der Waals surface area contributed by atoms with Gasteiger partial charge in [-0.1, -0.05) is 17.7 Å². The molecule has 0 heterocycles. The molecule has 1 fully saturated rings. The fraction of sp³-hybridized carbons (Fsp3) is 0.611. The van der Waals surface area contributed by atoms with Gasteiger partial charge < -0.3 is 15.4 Å². The van der Waals surface area contributed by atoms with Gasteiger partial charge in [0.1, 0.15) is 5.75 Å². The largest absolute Gasteiger partial charge is 0.496 e. The van der Waals surface area contributed by atoms with Gasteiger partial charge in [-0.3, -0.25) is 4.99 Å². The molecule has 5 heteroatoms. The lowest BCUT2D eigenvalue weighted by Gasteiger charge is -2.18. The summed E-state index contributed by atoms with van der Waals surface area (Å²) in [5.74, 6) is 1.86. The minimum Gasteiger partial charge on any atom is -0.496 e. The van der Waals surface area contributed by atoms with Crippen molar-refractivity contribution >= 4 is 17.7 Å². The normalized spacial score (nSPS) is 21.3. The van der Waals surface area contributed by atoms with E-state index in [0.29, 0.717) is 6.04 Å². The molecule has 2 rings (SSSR count). The van der Waals surface area contributed by atoms with Crippen LogP contribution in [0, 0.1) is 6.92 Å². The first-order valence-corrected chi connectivity index (χ1v) is 9.58. The second kappa shape index (κ2) is 9.06. The smallest absolute Gasteiger partial charge is 0.191 e. The third-order valence-electron chi connectivity index (χ3n) is 4.40. The third kappa shape index (κ3) is 5.34. The van der Waals surface area contributed by atoms with Crippen molar-refractivity contribution in [1.29, 1.82) is 0 Å². The topological polar surface area (TPSA) is 45.7 Å². The van der Waals surface area contributed by atoms with Gasteiger partial charge in [-0.25, -0.2) is 0 Å². The van der Waals surface area contributed by atoms with Crippen LogP contribution in [0.1, 0.15) is 30.4 Å². The van der Waals surface area contributed by atoms with Gasteiger partial charge in [0.2, 0.25) is 0 Å². The Bertz CT molecular complexity index is 533. The van der Waals surface area contributed by atoms with Crippen LogP contribution in [0.3, 0.4) is 0 Å². The van der Waals surface area contributed by atoms with E-state index in [2.05, 4.69) is 40.9 Å². The van der Waals surface area contributed by atoms with Crippen LogP contribution in [0.5, 0.6) is 5.75 Å². The summed E-state index contributed by atoms with van der Waals surface area (Å²) in [4.78, 5) is 4.35. The molecule has 1 aliphatic rings. The lowest BCUT2D eigenvalue weighted by Crippen LogP contribution is -2.43. The second-order valence-corrected chi connectivity index (χ2v) is 7.21. The van der Waals surface area contributed by atoms with Gasteiger partial charge in [-0.05, 0) is 50.5 Å². The Balaban J connectivity index is 1.81. The highest BCUT2D eigenvalue weighted by Gasteiger charge is 2.24. The van der Waals surface area contributed by atoms with Gasteiger partial charge in [-0.2, -0.15) is 11.8 Å². The summed E-state index contributed by atoms with van der Waals surface area (Å²) < 4.78 is 5.44. The highest BCUT2D eigenvalue weighted by molar-refractivity contribution is 7.99. The first-order valence-electron chi connectivity index (χ1n) is 8.29. The van der Waals surface area contributed by atoms with Crippen molar-refractivity contribution in [3.63, 3.8) is 0 Å². The fourth-order valence-corrected chi connectivity index (χ4v) is 3.89. The number of benzene rings is 1. The Kier molecular flexibility index (Phi) is 7.09. The number of aliphatic imine (C=N–C) groups is 1. The predicted octanol–water partition coefficient (Wildman–Crippen LogP) is 3.00. The summed E-state index contributed by atoms with van der Waals surface area (Å²) in [6.07, 6.45) is 6.89. The standard InChI is InChI=1S/C18H29N3OS/c1-13-5-8-17(22-3)14(11-13)9-10-20-18(19-2)21-15-6-7-16(12-15)23-4/h5,8,11,15-16H,6-7,9-10,12H2,1-4H3,(H2,19,20,21). The predicted molar refractivity (Wildman–Crippen MR) is 101 cm³/mol. The second-order valence-electron chi connectivity index (χ2n) is 6.08. The highest BCUT2D eigenvalue weighted by atomic mass is 32.2. The van der Waals surface area contributed by atoms with Crippen molar-refractivity contribution < 1.29 is 4.74 Å². The summed E-state index contributed by atoms with van der Waals surface area (Å²) in [5, 5.41) is 7.77. The number of methoxy groups -OCH3 is 1. The highest BCUT2D eigenvalue weighted by Crippen LogP contribution is 2.28. The minimum absolute atomic E-state index is 0.548. The molecule has 0 amide bonds. The molecule has 0 aliphatic heterocycles. The van der Waals surface area contributed by atoms with Crippen molar-refractivity contribution in [2.24, 2.45) is 4.99 Å². The molecule has 2 atom stereocenters. The van der Waals surface area contributed by atoms with Crippen molar-refractivity contribution in [3.8, 4) is 5.75 Å². The van der Waals surface area contributed by atoms with Gasteiger partial charge in [0, 0.05) is 24.9 Å². The first-order chi connectivity index (χ1) is 11.2. The summed E-state index contributed by atoms with van der Waals surface area (Å²) in [6, 6.07) is 6.86. The number of guanidine groups is 1. The van der Waals surface area contributed by atoms with Crippen LogP contribution in [-0.4, -0.2) is 44.2 Å². The molecule has 1 aromatic carbocycles. The van der Waals surface area contributed by atoms with Gasteiger partial charge in [0.15, 0.2) is 5.96 Å². The number of nitrogens with one attached hydrogen (secondary N) is 2. The number of aryl methyl sites for hydroxylation is 1. The van der Waals surface area contributed by atoms with E-state index >= 15 is 0 Å². The van der Waals surface area contributed by atoms with Crippen LogP contribution in [0.25, 0.3) is 0 Å². The summed E-state index contributed by atoms with van der Waals surface area (Å²) in [7, 11) is 3.56. The number of ether oxygens (including phenoxy) is 1. The van der Waals surface area contributed by atoms with Crippen LogP contribution in [0.2, 0.25) is 0 Å². The Labute approximate surface area is 144 Å². The zero-order chi connectivity index (χ0) is 16.7. The van der Waals surface area contributed by atoms with Crippen molar-refractivity contribution in [1.82, 2.24) is 10.6 Å². The van der Waals surface area contributed by atoms with Crippen molar-refractivity contribution in [2.45, 2.75) is 43.9 Å². The van der Waals surface area contributed by atoms with E-state index in [4.69, 9.17) is 4.74 Å². The molecule has 0 aromatic heterocycles. The van der Waals surface area contributed by atoms with Gasteiger partial charge >= 0.3 is 0 Å². The molecule has 0 radical (unpaired) electrons. The van der Waals surface area contributed by atoms with E-state index < -0.39 is 0 Å². The molecule has 1 saturated carbocycles. The molecule has 0 bridgehead atoms. The molecule has 2 N–H and O–H groups in total. The molecule has 128 valence electrons. The maximum Gasteiger partial charge on any atom is 0.191 e. The molecule has 0 spiro atoms. The van der Waals surface area contributed by atoms with Crippen LogP contribution >= 0.6 is 11.8 Å². The molecule has 1 aliphatic carbocycles. The lowest BCUT2D eigenvalue weighted by molar-refractivity contribution is 0.409. The van der Waals surface area contributed by atoms with Gasteiger partial charge in [0.25, 0.3) is 0 Å². The molecule has 0 saturated heterocycles. The maximum absolute atomic E-state index is 5.44. The number of hydrogen-bond donors (Lipinski definition) is 2. The monoisotopic (exact) mass is 335 g/mol. The van der Waals surface area contributed by atoms with E-state index in [1.54, 1.807) is 7.11 Å². The fourth-order valence-electron chi connectivity index (χ4n) is 3.09.